The third kappa shape index (κ3) is 5.22. The first kappa shape index (κ1) is 17.8. The minimum atomic E-state index is -0.0627. The number of hydrogen-bond donors (Lipinski definition) is 2. The highest BCUT2D eigenvalue weighted by molar-refractivity contribution is 8.01. The van der Waals surface area contributed by atoms with E-state index in [2.05, 4.69) is 20.8 Å². The number of hydrogen-bond acceptors (Lipinski definition) is 7. The predicted molar refractivity (Wildman–Crippen MR) is 106 cm³/mol. The number of aromatic nitrogens is 2. The second-order valence-electron chi connectivity index (χ2n) is 4.87. The molecule has 0 saturated heterocycles. The van der Waals surface area contributed by atoms with Crippen molar-refractivity contribution in [1.82, 2.24) is 10.2 Å². The van der Waals surface area contributed by atoms with E-state index in [1.165, 1.54) is 23.1 Å². The van der Waals surface area contributed by atoms with Gasteiger partial charge in [-0.25, -0.2) is 0 Å². The van der Waals surface area contributed by atoms with E-state index in [1.54, 1.807) is 18.8 Å². The van der Waals surface area contributed by atoms with E-state index < -0.39 is 0 Å². The molecule has 3 aromatic rings. The molecular weight excluding hydrogens is 372 g/mol. The Bertz CT molecular complexity index is 839. The number of nitrogens with one attached hydrogen (secondary N) is 2. The van der Waals surface area contributed by atoms with Gasteiger partial charge in [0.25, 0.3) is 0 Å². The van der Waals surface area contributed by atoms with Gasteiger partial charge in [-0.3, -0.25) is 4.79 Å². The maximum Gasteiger partial charge on any atom is 0.234 e. The van der Waals surface area contributed by atoms with Crippen molar-refractivity contribution in [2.45, 2.75) is 14.1 Å². The van der Waals surface area contributed by atoms with Crippen molar-refractivity contribution in [2.75, 3.05) is 23.4 Å². The Morgan fingerprint density at radius 1 is 1.08 bits per heavy atom. The van der Waals surface area contributed by atoms with Crippen LogP contribution in [-0.2, 0) is 4.79 Å². The van der Waals surface area contributed by atoms with Crippen LogP contribution >= 0.6 is 34.9 Å². The van der Waals surface area contributed by atoms with Crippen molar-refractivity contribution in [3.05, 3.63) is 54.6 Å². The number of thioether (sulfide) groups is 1. The first-order valence-electron chi connectivity index (χ1n) is 7.50. The summed E-state index contributed by atoms with van der Waals surface area (Å²) < 4.78 is 0.770. The zero-order chi connectivity index (χ0) is 17.5. The number of amides is 1. The monoisotopic (exact) mass is 388 g/mol. The van der Waals surface area contributed by atoms with Crippen molar-refractivity contribution in [3.63, 3.8) is 0 Å². The fourth-order valence-electron chi connectivity index (χ4n) is 1.96. The van der Waals surface area contributed by atoms with Gasteiger partial charge in [-0.15, -0.1) is 10.2 Å². The molecule has 3 rings (SSSR count). The number of nitrogens with zero attached hydrogens (tertiary/aromatic N) is 2. The Labute approximate surface area is 158 Å². The van der Waals surface area contributed by atoms with Crippen molar-refractivity contribution in [1.29, 1.82) is 0 Å². The van der Waals surface area contributed by atoms with Gasteiger partial charge in [0.05, 0.1) is 11.4 Å². The maximum absolute atomic E-state index is 12.3. The van der Waals surface area contributed by atoms with Crippen LogP contribution in [0.4, 0.5) is 10.8 Å². The molecule has 25 heavy (non-hydrogen) atoms. The maximum atomic E-state index is 12.3. The number of para-hydroxylation sites is 1. The van der Waals surface area contributed by atoms with Crippen LogP contribution in [0.15, 0.2) is 68.7 Å². The van der Waals surface area contributed by atoms with Crippen molar-refractivity contribution < 1.29 is 4.79 Å². The minimum absolute atomic E-state index is 0.0627. The number of carbonyl (C=O) groups is 1. The second-order valence-corrected chi connectivity index (χ2v) is 8.19. The highest BCUT2D eigenvalue weighted by atomic mass is 32.2. The van der Waals surface area contributed by atoms with Gasteiger partial charge in [0.1, 0.15) is 0 Å². The number of carbonyl (C=O) groups excluding carboxylic acids is 1. The highest BCUT2D eigenvalue weighted by Crippen LogP contribution is 2.33. The van der Waals surface area contributed by atoms with Crippen LogP contribution in [0.5, 0.6) is 0 Å². The highest BCUT2D eigenvalue weighted by Gasteiger charge is 2.10. The van der Waals surface area contributed by atoms with Crippen molar-refractivity contribution in [3.8, 4) is 0 Å². The molecule has 0 aliphatic carbocycles. The zero-order valence-electron chi connectivity index (χ0n) is 13.4. The molecule has 0 atom stereocenters. The van der Waals surface area contributed by atoms with Crippen molar-refractivity contribution >= 4 is 51.6 Å². The van der Waals surface area contributed by atoms with Gasteiger partial charge in [0.2, 0.25) is 11.0 Å². The van der Waals surface area contributed by atoms with Crippen LogP contribution in [0.2, 0.25) is 0 Å². The van der Waals surface area contributed by atoms with E-state index in [1.807, 2.05) is 54.6 Å². The molecule has 5 nitrogen and oxygen atoms in total. The number of benzene rings is 2. The summed E-state index contributed by atoms with van der Waals surface area (Å²) in [7, 11) is 1.79. The Morgan fingerprint density at radius 3 is 2.60 bits per heavy atom. The third-order valence-electron chi connectivity index (χ3n) is 3.08. The molecule has 1 amide bonds. The van der Waals surface area contributed by atoms with Gasteiger partial charge in [-0.05, 0) is 24.3 Å². The molecule has 0 saturated carbocycles. The summed E-state index contributed by atoms with van der Waals surface area (Å²) in [6.07, 6.45) is 0. The molecule has 2 aromatic carbocycles. The molecule has 0 fully saturated rings. The van der Waals surface area contributed by atoms with E-state index in [9.17, 15) is 4.79 Å². The minimum Gasteiger partial charge on any atom is -0.363 e. The Hall–Kier alpha value is -2.03. The van der Waals surface area contributed by atoms with Gasteiger partial charge in [0.15, 0.2) is 4.34 Å². The predicted octanol–water partition coefficient (Wildman–Crippen LogP) is 4.46. The SMILES string of the molecule is CNc1nnc(SCC(=O)Nc2ccccc2Sc2ccccc2)s1. The van der Waals surface area contributed by atoms with Crippen LogP contribution in [0.25, 0.3) is 0 Å². The van der Waals surface area contributed by atoms with Crippen LogP contribution in [0.3, 0.4) is 0 Å². The fourth-order valence-corrected chi connectivity index (χ4v) is 4.39. The molecule has 0 radical (unpaired) electrons. The number of rotatable bonds is 7. The molecule has 2 N–H and O–H groups in total. The quantitative estimate of drug-likeness (QED) is 0.583. The summed E-state index contributed by atoms with van der Waals surface area (Å²) in [5.74, 6) is 0.232. The molecule has 8 heteroatoms. The van der Waals surface area contributed by atoms with Crippen molar-refractivity contribution in [2.24, 2.45) is 0 Å². The summed E-state index contributed by atoms with van der Waals surface area (Å²) in [6, 6.07) is 17.9. The van der Waals surface area contributed by atoms with E-state index in [4.69, 9.17) is 0 Å². The third-order valence-corrected chi connectivity index (χ3v) is 6.24. The topological polar surface area (TPSA) is 66.9 Å². The zero-order valence-corrected chi connectivity index (χ0v) is 15.9. The van der Waals surface area contributed by atoms with Gasteiger partial charge in [-0.1, -0.05) is 65.2 Å². The molecule has 0 spiro atoms. The average Bonchev–Trinajstić information content (AvgIpc) is 3.11. The summed E-state index contributed by atoms with van der Waals surface area (Å²) in [5.41, 5.74) is 0.815. The summed E-state index contributed by atoms with van der Waals surface area (Å²) >= 11 is 4.44. The summed E-state index contributed by atoms with van der Waals surface area (Å²) in [4.78, 5) is 14.4. The molecule has 1 aromatic heterocycles. The molecule has 0 aliphatic heterocycles. The van der Waals surface area contributed by atoms with Crippen LogP contribution in [-0.4, -0.2) is 28.9 Å². The van der Waals surface area contributed by atoms with E-state index in [-0.39, 0.29) is 5.91 Å². The van der Waals surface area contributed by atoms with Crippen LogP contribution in [0, 0.1) is 0 Å². The molecule has 0 aliphatic rings. The van der Waals surface area contributed by atoms with E-state index in [0.717, 1.165) is 24.9 Å². The Morgan fingerprint density at radius 2 is 1.84 bits per heavy atom. The fraction of sp³-hybridized carbons (Fsp3) is 0.118. The normalized spacial score (nSPS) is 10.4. The van der Waals surface area contributed by atoms with E-state index in [0.29, 0.717) is 5.75 Å². The molecule has 0 unspecified atom stereocenters. The smallest absolute Gasteiger partial charge is 0.234 e. The lowest BCUT2D eigenvalue weighted by Crippen LogP contribution is -2.14. The molecular formula is C17H16N4OS3. The van der Waals surface area contributed by atoms with Crippen LogP contribution in [0.1, 0.15) is 0 Å². The lowest BCUT2D eigenvalue weighted by molar-refractivity contribution is -0.113. The van der Waals surface area contributed by atoms with Gasteiger partial charge in [-0.2, -0.15) is 0 Å². The van der Waals surface area contributed by atoms with Crippen LogP contribution < -0.4 is 10.6 Å². The van der Waals surface area contributed by atoms with Gasteiger partial charge in [0, 0.05) is 16.8 Å². The Kier molecular flexibility index (Phi) is 6.32. The lowest BCUT2D eigenvalue weighted by atomic mass is 10.3. The van der Waals surface area contributed by atoms with Gasteiger partial charge < -0.3 is 10.6 Å². The van der Waals surface area contributed by atoms with Gasteiger partial charge >= 0.3 is 0 Å². The molecule has 0 bridgehead atoms. The molecule has 1 heterocycles. The lowest BCUT2D eigenvalue weighted by Gasteiger charge is -2.10. The first-order chi connectivity index (χ1) is 12.2. The molecule has 128 valence electrons. The standard InChI is InChI=1S/C17H16N4OS3/c1-18-16-20-21-17(25-16)23-11-15(22)19-13-9-5-6-10-14(13)24-12-7-3-2-4-8-12/h2-10H,11H2,1H3,(H,18,20)(H,19,22). The van der Waals surface area contributed by atoms with E-state index >= 15 is 0 Å². The summed E-state index contributed by atoms with van der Waals surface area (Å²) in [6.45, 7) is 0. The number of anilines is 2. The average molecular weight is 389 g/mol. The summed E-state index contributed by atoms with van der Waals surface area (Å²) in [5, 5.41) is 14.6. The Balaban J connectivity index is 1.61. The first-order valence-corrected chi connectivity index (χ1v) is 10.1. The largest absolute Gasteiger partial charge is 0.363 e. The second kappa shape index (κ2) is 8.89.